The van der Waals surface area contributed by atoms with Crippen LogP contribution in [-0.2, 0) is 9.59 Å². The smallest absolute Gasteiger partial charge is 0.251 e. The summed E-state index contributed by atoms with van der Waals surface area (Å²) in [4.78, 5) is 37.4. The van der Waals surface area contributed by atoms with Crippen LogP contribution in [0, 0.1) is 0 Å². The third-order valence-electron chi connectivity index (χ3n) is 3.67. The molecule has 27 heavy (non-hydrogen) atoms. The Morgan fingerprint density at radius 3 is 2.30 bits per heavy atom. The molecule has 0 bridgehead atoms. The van der Waals surface area contributed by atoms with Crippen LogP contribution < -0.4 is 10.6 Å². The van der Waals surface area contributed by atoms with E-state index in [9.17, 15) is 14.4 Å². The fourth-order valence-corrected chi connectivity index (χ4v) is 2.60. The van der Waals surface area contributed by atoms with E-state index in [-0.39, 0.29) is 37.2 Å². The molecule has 0 spiro atoms. The van der Waals surface area contributed by atoms with Crippen LogP contribution >= 0.6 is 27.5 Å². The minimum absolute atomic E-state index is 0.0812. The van der Waals surface area contributed by atoms with Crippen molar-refractivity contribution in [1.82, 2.24) is 10.2 Å². The first kappa shape index (κ1) is 20.9. The first-order valence-corrected chi connectivity index (χ1v) is 9.35. The molecule has 0 unspecified atom stereocenters. The second kappa shape index (κ2) is 10.1. The Morgan fingerprint density at radius 2 is 1.67 bits per heavy atom. The number of nitrogens with one attached hydrogen (secondary N) is 2. The largest absolute Gasteiger partial charge is 0.352 e. The number of rotatable bonds is 7. The van der Waals surface area contributed by atoms with Gasteiger partial charge < -0.3 is 15.5 Å². The summed E-state index contributed by atoms with van der Waals surface area (Å²) >= 11 is 9.10. The van der Waals surface area contributed by atoms with Gasteiger partial charge in [-0.15, -0.1) is 0 Å². The van der Waals surface area contributed by atoms with Gasteiger partial charge in [-0.25, -0.2) is 0 Å². The fourth-order valence-electron chi connectivity index (χ4n) is 2.21. The Morgan fingerprint density at radius 1 is 1.04 bits per heavy atom. The molecule has 0 radical (unpaired) electrons. The Labute approximate surface area is 171 Å². The zero-order valence-electron chi connectivity index (χ0n) is 14.7. The predicted octanol–water partition coefficient (Wildman–Crippen LogP) is 3.32. The van der Waals surface area contributed by atoms with Crippen LogP contribution in [0.4, 0.5) is 5.69 Å². The van der Waals surface area contributed by atoms with E-state index in [1.54, 1.807) is 55.6 Å². The van der Waals surface area contributed by atoms with Crippen molar-refractivity contribution in [3.05, 3.63) is 63.6 Å². The van der Waals surface area contributed by atoms with Gasteiger partial charge in [-0.3, -0.25) is 14.4 Å². The van der Waals surface area contributed by atoms with E-state index in [2.05, 4.69) is 26.6 Å². The van der Waals surface area contributed by atoms with Crippen molar-refractivity contribution in [1.29, 1.82) is 0 Å². The van der Waals surface area contributed by atoms with E-state index in [0.29, 0.717) is 16.3 Å². The zero-order chi connectivity index (χ0) is 19.8. The molecule has 0 saturated heterocycles. The van der Waals surface area contributed by atoms with E-state index in [1.807, 2.05) is 0 Å². The van der Waals surface area contributed by atoms with E-state index in [4.69, 9.17) is 11.6 Å². The molecule has 2 aromatic rings. The molecule has 2 N–H and O–H groups in total. The standard InChI is InChI=1S/C19H19BrClN3O3/c1-24(12-17(25)23-16-8-6-15(21)7-9-16)18(26)10-11-22-19(27)13-2-4-14(20)5-3-13/h2-9H,10-12H2,1H3,(H,22,27)(H,23,25). The SMILES string of the molecule is CN(CC(=O)Nc1ccc(Cl)cc1)C(=O)CCNC(=O)c1ccc(Br)cc1. The number of carbonyl (C=O) groups excluding carboxylic acids is 3. The molecule has 0 aliphatic heterocycles. The van der Waals surface area contributed by atoms with Crippen LogP contribution in [0.3, 0.4) is 0 Å². The molecule has 8 heteroatoms. The Balaban J connectivity index is 1.73. The Bertz CT molecular complexity index is 810. The van der Waals surface area contributed by atoms with E-state index in [1.165, 1.54) is 4.90 Å². The lowest BCUT2D eigenvalue weighted by atomic mass is 10.2. The van der Waals surface area contributed by atoms with Gasteiger partial charge >= 0.3 is 0 Å². The lowest BCUT2D eigenvalue weighted by molar-refractivity contribution is -0.133. The third kappa shape index (κ3) is 7.03. The van der Waals surface area contributed by atoms with Gasteiger partial charge in [0.05, 0.1) is 6.54 Å². The molecule has 142 valence electrons. The summed E-state index contributed by atoms with van der Waals surface area (Å²) in [6.45, 7) is 0.110. The number of anilines is 1. The number of hydrogen-bond acceptors (Lipinski definition) is 3. The summed E-state index contributed by atoms with van der Waals surface area (Å²) in [6.07, 6.45) is 0.104. The first-order valence-electron chi connectivity index (χ1n) is 8.18. The molecule has 0 aliphatic carbocycles. The number of halogens is 2. The van der Waals surface area contributed by atoms with Crippen LogP contribution in [0.5, 0.6) is 0 Å². The normalized spacial score (nSPS) is 10.2. The highest BCUT2D eigenvalue weighted by molar-refractivity contribution is 9.10. The molecule has 0 fully saturated rings. The number of nitrogens with zero attached hydrogens (tertiary/aromatic N) is 1. The van der Waals surface area contributed by atoms with Gasteiger partial charge in [0.15, 0.2) is 0 Å². The van der Waals surface area contributed by atoms with Crippen LogP contribution in [-0.4, -0.2) is 42.8 Å². The number of likely N-dealkylation sites (N-methyl/N-ethyl adjacent to an activating group) is 1. The minimum atomic E-state index is -0.313. The van der Waals surface area contributed by atoms with E-state index < -0.39 is 0 Å². The highest BCUT2D eigenvalue weighted by atomic mass is 79.9. The number of carbonyl (C=O) groups is 3. The van der Waals surface area contributed by atoms with E-state index >= 15 is 0 Å². The molecular formula is C19H19BrClN3O3. The van der Waals surface area contributed by atoms with Gasteiger partial charge in [-0.05, 0) is 48.5 Å². The topological polar surface area (TPSA) is 78.5 Å². The first-order chi connectivity index (χ1) is 12.8. The molecule has 3 amide bonds. The minimum Gasteiger partial charge on any atom is -0.352 e. The molecule has 0 aromatic heterocycles. The quantitative estimate of drug-likeness (QED) is 0.676. The van der Waals surface area contributed by atoms with Crippen molar-refractivity contribution in [2.24, 2.45) is 0 Å². The van der Waals surface area contributed by atoms with Gasteiger partial charge in [-0.2, -0.15) is 0 Å². The van der Waals surface area contributed by atoms with Crippen LogP contribution in [0.15, 0.2) is 53.0 Å². The molecule has 0 atom stereocenters. The van der Waals surface area contributed by atoms with E-state index in [0.717, 1.165) is 4.47 Å². The summed E-state index contributed by atoms with van der Waals surface area (Å²) in [7, 11) is 1.54. The molecule has 2 aromatic carbocycles. The molecule has 0 saturated carbocycles. The highest BCUT2D eigenvalue weighted by Crippen LogP contribution is 2.13. The van der Waals surface area contributed by atoms with Gasteiger partial charge in [-0.1, -0.05) is 27.5 Å². The molecule has 2 rings (SSSR count). The number of hydrogen-bond donors (Lipinski definition) is 2. The molecule has 0 heterocycles. The van der Waals surface area contributed by atoms with Crippen molar-refractivity contribution >= 4 is 50.9 Å². The van der Waals surface area contributed by atoms with Crippen LogP contribution in [0.25, 0.3) is 0 Å². The number of benzene rings is 2. The van der Waals surface area contributed by atoms with Crippen molar-refractivity contribution in [2.75, 3.05) is 25.5 Å². The van der Waals surface area contributed by atoms with Gasteiger partial charge in [0, 0.05) is 40.8 Å². The van der Waals surface area contributed by atoms with Gasteiger partial charge in [0.1, 0.15) is 0 Å². The summed E-state index contributed by atoms with van der Waals surface area (Å²) in [6, 6.07) is 13.6. The lowest BCUT2D eigenvalue weighted by Gasteiger charge is -2.17. The summed E-state index contributed by atoms with van der Waals surface area (Å²) < 4.78 is 0.882. The molecular weight excluding hydrogens is 434 g/mol. The molecule has 6 nitrogen and oxygen atoms in total. The second-order valence-corrected chi connectivity index (χ2v) is 7.17. The third-order valence-corrected chi connectivity index (χ3v) is 4.45. The lowest BCUT2D eigenvalue weighted by Crippen LogP contribution is -2.37. The van der Waals surface area contributed by atoms with Crippen LogP contribution in [0.2, 0.25) is 5.02 Å². The highest BCUT2D eigenvalue weighted by Gasteiger charge is 2.14. The average molecular weight is 453 g/mol. The summed E-state index contributed by atoms with van der Waals surface area (Å²) in [5.74, 6) is -0.803. The summed E-state index contributed by atoms with van der Waals surface area (Å²) in [5, 5.41) is 5.95. The number of amides is 3. The van der Waals surface area contributed by atoms with Crippen molar-refractivity contribution < 1.29 is 14.4 Å². The monoisotopic (exact) mass is 451 g/mol. The maximum absolute atomic E-state index is 12.1. The summed E-state index contributed by atoms with van der Waals surface area (Å²) in [5.41, 5.74) is 1.12. The van der Waals surface area contributed by atoms with Crippen molar-refractivity contribution in [3.8, 4) is 0 Å². The van der Waals surface area contributed by atoms with Crippen molar-refractivity contribution in [3.63, 3.8) is 0 Å². The van der Waals surface area contributed by atoms with Crippen LogP contribution in [0.1, 0.15) is 16.8 Å². The predicted molar refractivity (Wildman–Crippen MR) is 109 cm³/mol. The maximum Gasteiger partial charge on any atom is 0.251 e. The maximum atomic E-state index is 12.1. The fraction of sp³-hybridized carbons (Fsp3) is 0.211. The van der Waals surface area contributed by atoms with Gasteiger partial charge in [0.2, 0.25) is 11.8 Å². The van der Waals surface area contributed by atoms with Gasteiger partial charge in [0.25, 0.3) is 5.91 Å². The Hall–Kier alpha value is -2.38. The average Bonchev–Trinajstić information content (AvgIpc) is 2.63. The van der Waals surface area contributed by atoms with Crippen molar-refractivity contribution in [2.45, 2.75) is 6.42 Å². The second-order valence-electron chi connectivity index (χ2n) is 5.82. The zero-order valence-corrected chi connectivity index (χ0v) is 17.0. The Kier molecular flexibility index (Phi) is 7.82. The molecule has 0 aliphatic rings.